The summed E-state index contributed by atoms with van der Waals surface area (Å²) in [5.41, 5.74) is 5.78. The molecule has 1 aromatic carbocycles. The fourth-order valence-corrected chi connectivity index (χ4v) is 4.64. The quantitative estimate of drug-likeness (QED) is 0.826. The van der Waals surface area contributed by atoms with Crippen LogP contribution in [0.25, 0.3) is 0 Å². The molecular formula is C15H24N2O4S. The second kappa shape index (κ2) is 7.30. The van der Waals surface area contributed by atoms with Gasteiger partial charge in [0, 0.05) is 6.04 Å². The van der Waals surface area contributed by atoms with Crippen LogP contribution in [0.5, 0.6) is 11.5 Å². The maximum atomic E-state index is 12.8. The van der Waals surface area contributed by atoms with Crippen molar-refractivity contribution in [2.45, 2.75) is 36.6 Å². The van der Waals surface area contributed by atoms with Crippen LogP contribution >= 0.6 is 0 Å². The van der Waals surface area contributed by atoms with Gasteiger partial charge in [-0.3, -0.25) is 0 Å². The molecule has 0 aromatic heterocycles. The highest BCUT2D eigenvalue weighted by Crippen LogP contribution is 2.34. The van der Waals surface area contributed by atoms with Gasteiger partial charge in [0.25, 0.3) is 0 Å². The molecule has 0 spiro atoms. The molecule has 3 N–H and O–H groups in total. The normalized spacial score (nSPS) is 22.3. The zero-order valence-corrected chi connectivity index (χ0v) is 13.9. The Bertz CT molecular complexity index is 581. The summed E-state index contributed by atoms with van der Waals surface area (Å²) in [6.45, 7) is 0.482. The van der Waals surface area contributed by atoms with E-state index in [4.69, 9.17) is 15.2 Å². The lowest BCUT2D eigenvalue weighted by molar-refractivity contribution is 0.295. The van der Waals surface area contributed by atoms with Crippen LogP contribution in [0.4, 0.5) is 0 Å². The zero-order valence-electron chi connectivity index (χ0n) is 13.0. The molecule has 2 rings (SSSR count). The van der Waals surface area contributed by atoms with Crippen molar-refractivity contribution in [3.8, 4) is 11.5 Å². The van der Waals surface area contributed by atoms with Gasteiger partial charge in [-0.2, -0.15) is 0 Å². The molecule has 0 aliphatic heterocycles. The van der Waals surface area contributed by atoms with Crippen LogP contribution in [0.1, 0.15) is 25.7 Å². The summed E-state index contributed by atoms with van der Waals surface area (Å²) in [6.07, 6.45) is 3.86. The molecule has 6 nitrogen and oxygen atoms in total. The first-order chi connectivity index (χ1) is 10.5. The van der Waals surface area contributed by atoms with Gasteiger partial charge in [0.05, 0.1) is 14.2 Å². The molecule has 22 heavy (non-hydrogen) atoms. The van der Waals surface area contributed by atoms with Gasteiger partial charge in [-0.15, -0.1) is 0 Å². The van der Waals surface area contributed by atoms with Gasteiger partial charge in [0.2, 0.25) is 10.0 Å². The van der Waals surface area contributed by atoms with Gasteiger partial charge in [-0.25, -0.2) is 13.1 Å². The smallest absolute Gasteiger partial charge is 0.248 e. The number of nitrogens with one attached hydrogen (secondary N) is 1. The highest BCUT2D eigenvalue weighted by molar-refractivity contribution is 7.89. The summed E-state index contributed by atoms with van der Waals surface area (Å²) in [5.74, 6) is 0.711. The Morgan fingerprint density at radius 3 is 2.32 bits per heavy atom. The van der Waals surface area contributed by atoms with Crippen molar-refractivity contribution in [3.63, 3.8) is 0 Å². The molecule has 1 saturated carbocycles. The van der Waals surface area contributed by atoms with E-state index in [-0.39, 0.29) is 28.4 Å². The third-order valence-corrected chi connectivity index (χ3v) is 5.72. The fraction of sp³-hybridized carbons (Fsp3) is 0.600. The Hall–Kier alpha value is -1.31. The topological polar surface area (TPSA) is 90.6 Å². The minimum absolute atomic E-state index is 0.0429. The maximum Gasteiger partial charge on any atom is 0.248 e. The monoisotopic (exact) mass is 328 g/mol. The first kappa shape index (κ1) is 17.1. The second-order valence-electron chi connectivity index (χ2n) is 5.50. The molecule has 2 atom stereocenters. The molecule has 7 heteroatoms. The summed E-state index contributed by atoms with van der Waals surface area (Å²) in [4.78, 5) is 0.0429. The molecule has 124 valence electrons. The Kier molecular flexibility index (Phi) is 5.66. The van der Waals surface area contributed by atoms with Gasteiger partial charge in [-0.1, -0.05) is 18.9 Å². The molecule has 2 unspecified atom stereocenters. The van der Waals surface area contributed by atoms with E-state index in [0.717, 1.165) is 25.7 Å². The summed E-state index contributed by atoms with van der Waals surface area (Å²) in [6, 6.07) is 4.77. The number of ether oxygens (including phenoxy) is 2. The van der Waals surface area contributed by atoms with Crippen molar-refractivity contribution < 1.29 is 17.9 Å². The van der Waals surface area contributed by atoms with Crippen molar-refractivity contribution >= 4 is 10.0 Å². The average Bonchev–Trinajstić information content (AvgIpc) is 2.54. The lowest BCUT2D eigenvalue weighted by Gasteiger charge is -2.31. The Morgan fingerprint density at radius 2 is 1.77 bits per heavy atom. The third-order valence-electron chi connectivity index (χ3n) is 4.17. The molecular weight excluding hydrogens is 304 g/mol. The molecule has 0 heterocycles. The van der Waals surface area contributed by atoms with E-state index in [2.05, 4.69) is 4.72 Å². The predicted molar refractivity (Wildman–Crippen MR) is 84.7 cm³/mol. The van der Waals surface area contributed by atoms with Crippen LogP contribution in [0.3, 0.4) is 0 Å². The number of hydrogen-bond donors (Lipinski definition) is 2. The number of hydrogen-bond acceptors (Lipinski definition) is 5. The molecule has 1 fully saturated rings. The van der Waals surface area contributed by atoms with Gasteiger partial charge >= 0.3 is 0 Å². The van der Waals surface area contributed by atoms with E-state index in [1.54, 1.807) is 18.2 Å². The van der Waals surface area contributed by atoms with Crippen LogP contribution < -0.4 is 19.9 Å². The Labute approximate surface area is 132 Å². The van der Waals surface area contributed by atoms with Crippen LogP contribution in [0, 0.1) is 5.92 Å². The molecule has 0 radical (unpaired) electrons. The Balaban J connectivity index is 2.34. The maximum absolute atomic E-state index is 12.8. The van der Waals surface area contributed by atoms with Crippen LogP contribution in [-0.2, 0) is 10.0 Å². The largest absolute Gasteiger partial charge is 0.495 e. The third kappa shape index (κ3) is 3.53. The summed E-state index contributed by atoms with van der Waals surface area (Å²) in [7, 11) is -0.861. The lowest BCUT2D eigenvalue weighted by atomic mass is 9.85. The van der Waals surface area contributed by atoms with Crippen LogP contribution in [0.2, 0.25) is 0 Å². The van der Waals surface area contributed by atoms with E-state index in [1.807, 2.05) is 0 Å². The van der Waals surface area contributed by atoms with E-state index in [1.165, 1.54) is 14.2 Å². The van der Waals surface area contributed by atoms with Gasteiger partial charge in [0.15, 0.2) is 4.90 Å². The van der Waals surface area contributed by atoms with Gasteiger partial charge in [-0.05, 0) is 37.4 Å². The fourth-order valence-electron chi connectivity index (χ4n) is 2.99. The first-order valence-electron chi connectivity index (χ1n) is 7.47. The van der Waals surface area contributed by atoms with Crippen molar-refractivity contribution in [2.75, 3.05) is 20.8 Å². The number of sulfonamides is 1. The minimum atomic E-state index is -3.74. The Morgan fingerprint density at radius 1 is 1.18 bits per heavy atom. The highest BCUT2D eigenvalue weighted by Gasteiger charge is 2.32. The first-order valence-corrected chi connectivity index (χ1v) is 8.95. The van der Waals surface area contributed by atoms with E-state index in [9.17, 15) is 8.42 Å². The molecule has 1 aliphatic carbocycles. The van der Waals surface area contributed by atoms with Gasteiger partial charge < -0.3 is 15.2 Å². The molecule has 0 bridgehead atoms. The summed E-state index contributed by atoms with van der Waals surface area (Å²) in [5, 5.41) is 0. The van der Waals surface area contributed by atoms with Crippen molar-refractivity contribution in [3.05, 3.63) is 18.2 Å². The zero-order chi connectivity index (χ0) is 16.2. The molecule has 0 amide bonds. The van der Waals surface area contributed by atoms with Crippen molar-refractivity contribution in [1.29, 1.82) is 0 Å². The van der Waals surface area contributed by atoms with Crippen LogP contribution in [0.15, 0.2) is 23.1 Å². The SMILES string of the molecule is COc1cccc(OC)c1S(=O)(=O)NC1CCCCC1CN. The highest BCUT2D eigenvalue weighted by atomic mass is 32.2. The number of nitrogens with two attached hydrogens (primary N) is 1. The molecule has 0 saturated heterocycles. The second-order valence-corrected chi connectivity index (χ2v) is 7.15. The van der Waals surface area contributed by atoms with Gasteiger partial charge in [0.1, 0.15) is 11.5 Å². The van der Waals surface area contributed by atoms with Crippen LogP contribution in [-0.4, -0.2) is 35.2 Å². The van der Waals surface area contributed by atoms with E-state index < -0.39 is 10.0 Å². The van der Waals surface area contributed by atoms with E-state index >= 15 is 0 Å². The number of rotatable bonds is 6. The van der Waals surface area contributed by atoms with Crippen molar-refractivity contribution in [2.24, 2.45) is 11.7 Å². The van der Waals surface area contributed by atoms with E-state index in [0.29, 0.717) is 6.54 Å². The lowest BCUT2D eigenvalue weighted by Crippen LogP contribution is -2.44. The molecule has 1 aromatic rings. The minimum Gasteiger partial charge on any atom is -0.495 e. The molecule has 1 aliphatic rings. The predicted octanol–water partition coefficient (Wildman–Crippen LogP) is 1.50. The summed E-state index contributed by atoms with van der Waals surface area (Å²) < 4.78 is 38.8. The summed E-state index contributed by atoms with van der Waals surface area (Å²) >= 11 is 0. The standard InChI is InChI=1S/C15H24N2O4S/c1-20-13-8-5-9-14(21-2)15(13)22(18,19)17-12-7-4-3-6-11(12)10-16/h5,8-9,11-12,17H,3-4,6-7,10,16H2,1-2H3. The number of methoxy groups -OCH3 is 2. The number of benzene rings is 1. The average molecular weight is 328 g/mol. The van der Waals surface area contributed by atoms with Crippen molar-refractivity contribution in [1.82, 2.24) is 4.72 Å².